The molecule has 0 aromatic heterocycles. The second-order valence-corrected chi connectivity index (χ2v) is 6.64. The van der Waals surface area contributed by atoms with Gasteiger partial charge >= 0.3 is 0 Å². The smallest absolute Gasteiger partial charge is 0.207 e. The molecule has 2 aliphatic rings. The number of hydrogen-bond acceptors (Lipinski definition) is 2. The highest BCUT2D eigenvalue weighted by Gasteiger charge is 2.44. The molecule has 3 rings (SSSR count). The third-order valence-electron chi connectivity index (χ3n) is 3.75. The van der Waals surface area contributed by atoms with Crippen LogP contribution in [0.15, 0.2) is 35.2 Å². The van der Waals surface area contributed by atoms with Crippen molar-refractivity contribution in [1.29, 1.82) is 0 Å². The van der Waals surface area contributed by atoms with Gasteiger partial charge in [0.05, 0.1) is 4.90 Å². The van der Waals surface area contributed by atoms with Gasteiger partial charge in [-0.15, -0.1) is 0 Å². The van der Waals surface area contributed by atoms with E-state index in [1.165, 1.54) is 0 Å². The molecule has 0 spiro atoms. The standard InChI is InChI=1S/C13H16NO2S/c15-17(16,13-7-2-1-3-8-13)14-11-5-4-6-12(14)10-9-11/h1-4,7-8,11-12H,5-6,9-10H2. The Balaban J connectivity index is 1.99. The van der Waals surface area contributed by atoms with Gasteiger partial charge in [0.25, 0.3) is 0 Å². The van der Waals surface area contributed by atoms with E-state index in [0.29, 0.717) is 4.90 Å². The lowest BCUT2D eigenvalue weighted by molar-refractivity contribution is 0.282. The van der Waals surface area contributed by atoms with Gasteiger partial charge in [-0.1, -0.05) is 18.2 Å². The Morgan fingerprint density at radius 2 is 1.59 bits per heavy atom. The second kappa shape index (κ2) is 4.10. The molecule has 0 aliphatic carbocycles. The summed E-state index contributed by atoms with van der Waals surface area (Å²) in [6.45, 7) is 0. The van der Waals surface area contributed by atoms with Gasteiger partial charge in [-0.2, -0.15) is 4.31 Å². The maximum atomic E-state index is 12.6. The molecule has 0 N–H and O–H groups in total. The summed E-state index contributed by atoms with van der Waals surface area (Å²) < 4.78 is 26.9. The third-order valence-corrected chi connectivity index (χ3v) is 5.77. The van der Waals surface area contributed by atoms with Crippen molar-refractivity contribution >= 4 is 10.0 Å². The van der Waals surface area contributed by atoms with Crippen LogP contribution in [0.4, 0.5) is 0 Å². The fourth-order valence-electron chi connectivity index (χ4n) is 2.97. The van der Waals surface area contributed by atoms with Crippen molar-refractivity contribution in [2.45, 2.75) is 42.7 Å². The van der Waals surface area contributed by atoms with Crippen LogP contribution in [-0.2, 0) is 10.0 Å². The maximum absolute atomic E-state index is 12.6. The SMILES string of the molecule is O=S(=O)(c1ccccc1)N1C2C[CH]CC1CC2. The van der Waals surface area contributed by atoms with Crippen LogP contribution in [0.2, 0.25) is 0 Å². The first-order valence-electron chi connectivity index (χ1n) is 6.10. The molecule has 2 heterocycles. The molecule has 4 heteroatoms. The van der Waals surface area contributed by atoms with Crippen molar-refractivity contribution in [3.63, 3.8) is 0 Å². The van der Waals surface area contributed by atoms with E-state index in [9.17, 15) is 8.42 Å². The topological polar surface area (TPSA) is 37.4 Å². The van der Waals surface area contributed by atoms with Crippen LogP contribution < -0.4 is 0 Å². The number of nitrogens with zero attached hydrogens (tertiary/aromatic N) is 1. The molecule has 2 saturated heterocycles. The highest BCUT2D eigenvalue weighted by atomic mass is 32.2. The van der Waals surface area contributed by atoms with Gasteiger partial charge in [0, 0.05) is 12.1 Å². The van der Waals surface area contributed by atoms with Gasteiger partial charge in [0.1, 0.15) is 0 Å². The number of rotatable bonds is 2. The van der Waals surface area contributed by atoms with E-state index in [-0.39, 0.29) is 12.1 Å². The van der Waals surface area contributed by atoms with Crippen molar-refractivity contribution in [2.24, 2.45) is 0 Å². The third kappa shape index (κ3) is 1.79. The summed E-state index contributed by atoms with van der Waals surface area (Å²) in [6.07, 6.45) is 6.06. The summed E-state index contributed by atoms with van der Waals surface area (Å²) >= 11 is 0. The van der Waals surface area contributed by atoms with Gasteiger partial charge in [-0.25, -0.2) is 8.42 Å². The van der Waals surface area contributed by atoms with Gasteiger partial charge in [0.15, 0.2) is 0 Å². The highest BCUT2D eigenvalue weighted by Crippen LogP contribution is 2.38. The fourth-order valence-corrected chi connectivity index (χ4v) is 4.88. The summed E-state index contributed by atoms with van der Waals surface area (Å²) in [7, 11) is -3.28. The molecule has 2 unspecified atom stereocenters. The van der Waals surface area contributed by atoms with E-state index < -0.39 is 10.0 Å². The molecule has 1 aromatic carbocycles. The Kier molecular flexibility index (Phi) is 2.71. The van der Waals surface area contributed by atoms with Crippen LogP contribution in [0.5, 0.6) is 0 Å². The summed E-state index contributed by atoms with van der Waals surface area (Å²) in [5.41, 5.74) is 0. The Hall–Kier alpha value is -0.870. The van der Waals surface area contributed by atoms with E-state index in [1.807, 2.05) is 6.07 Å². The summed E-state index contributed by atoms with van der Waals surface area (Å²) in [4.78, 5) is 0.429. The first-order chi connectivity index (χ1) is 8.19. The average molecular weight is 250 g/mol. The molecule has 2 fully saturated rings. The van der Waals surface area contributed by atoms with Crippen LogP contribution >= 0.6 is 0 Å². The predicted molar refractivity (Wildman–Crippen MR) is 65.8 cm³/mol. The molecule has 3 nitrogen and oxygen atoms in total. The lowest BCUT2D eigenvalue weighted by atomic mass is 10.1. The van der Waals surface area contributed by atoms with E-state index in [1.54, 1.807) is 28.6 Å². The van der Waals surface area contributed by atoms with Crippen LogP contribution in [-0.4, -0.2) is 24.8 Å². The summed E-state index contributed by atoms with van der Waals surface area (Å²) in [5, 5.41) is 0. The minimum Gasteiger partial charge on any atom is -0.207 e. The quantitative estimate of drug-likeness (QED) is 0.807. The first-order valence-corrected chi connectivity index (χ1v) is 7.54. The van der Waals surface area contributed by atoms with Crippen molar-refractivity contribution in [3.8, 4) is 0 Å². The summed E-state index contributed by atoms with van der Waals surface area (Å²) in [6, 6.07) is 9.17. The lowest BCUT2D eigenvalue weighted by Gasteiger charge is -2.33. The van der Waals surface area contributed by atoms with Crippen molar-refractivity contribution in [3.05, 3.63) is 36.8 Å². The zero-order chi connectivity index (χ0) is 11.9. The van der Waals surface area contributed by atoms with Crippen molar-refractivity contribution < 1.29 is 8.42 Å². The number of sulfonamides is 1. The van der Waals surface area contributed by atoms with E-state index >= 15 is 0 Å². The molecule has 2 atom stereocenters. The number of fused-ring (bicyclic) bond motifs is 2. The number of piperidine rings is 1. The highest BCUT2D eigenvalue weighted by molar-refractivity contribution is 7.89. The first kappa shape index (κ1) is 11.2. The minimum absolute atomic E-state index is 0.193. The van der Waals surface area contributed by atoms with Gasteiger partial charge in [-0.3, -0.25) is 0 Å². The van der Waals surface area contributed by atoms with E-state index in [4.69, 9.17) is 0 Å². The van der Waals surface area contributed by atoms with Gasteiger partial charge in [-0.05, 0) is 44.2 Å². The van der Waals surface area contributed by atoms with Crippen molar-refractivity contribution in [2.75, 3.05) is 0 Å². The zero-order valence-electron chi connectivity index (χ0n) is 9.62. The van der Waals surface area contributed by atoms with Crippen LogP contribution in [0.1, 0.15) is 25.7 Å². The fraction of sp³-hybridized carbons (Fsp3) is 0.462. The Bertz CT molecular complexity index is 481. The average Bonchev–Trinajstić information content (AvgIpc) is 2.62. The van der Waals surface area contributed by atoms with Crippen LogP contribution in [0, 0.1) is 6.42 Å². The molecule has 0 amide bonds. The second-order valence-electron chi connectivity index (χ2n) is 4.79. The van der Waals surface area contributed by atoms with Crippen molar-refractivity contribution in [1.82, 2.24) is 4.31 Å². The molecule has 91 valence electrons. The lowest BCUT2D eigenvalue weighted by Crippen LogP contribution is -2.44. The largest absolute Gasteiger partial charge is 0.243 e. The molecular formula is C13H16NO2S. The van der Waals surface area contributed by atoms with Gasteiger partial charge in [0.2, 0.25) is 10.0 Å². The molecule has 0 saturated carbocycles. The van der Waals surface area contributed by atoms with E-state index in [0.717, 1.165) is 25.7 Å². The molecular weight excluding hydrogens is 234 g/mol. The molecule has 2 aliphatic heterocycles. The Morgan fingerprint density at radius 1 is 1.00 bits per heavy atom. The summed E-state index contributed by atoms with van der Waals surface area (Å²) in [5.74, 6) is 0. The minimum atomic E-state index is -3.28. The molecule has 2 bridgehead atoms. The normalized spacial score (nSPS) is 29.4. The van der Waals surface area contributed by atoms with Gasteiger partial charge < -0.3 is 0 Å². The molecule has 17 heavy (non-hydrogen) atoms. The predicted octanol–water partition coefficient (Wildman–Crippen LogP) is 2.21. The van der Waals surface area contributed by atoms with Crippen LogP contribution in [0.3, 0.4) is 0 Å². The molecule has 1 aromatic rings. The number of benzene rings is 1. The van der Waals surface area contributed by atoms with E-state index in [2.05, 4.69) is 6.42 Å². The zero-order valence-corrected chi connectivity index (χ0v) is 10.4. The van der Waals surface area contributed by atoms with Crippen LogP contribution in [0.25, 0.3) is 0 Å². The Labute approximate surface area is 102 Å². The molecule has 1 radical (unpaired) electrons. The monoisotopic (exact) mass is 250 g/mol. The Morgan fingerprint density at radius 3 is 2.18 bits per heavy atom. The number of hydrogen-bond donors (Lipinski definition) is 0. The maximum Gasteiger partial charge on any atom is 0.243 e.